The Balaban J connectivity index is 1.29. The summed E-state index contributed by atoms with van der Waals surface area (Å²) in [5.41, 5.74) is 5.31. The number of hydrogen-bond acceptors (Lipinski definition) is 4. The summed E-state index contributed by atoms with van der Waals surface area (Å²) in [5, 5.41) is 2.99. The molecule has 2 heterocycles. The molecule has 0 radical (unpaired) electrons. The molecule has 6 nitrogen and oxygen atoms in total. The normalized spacial score (nSPS) is 13.7. The lowest BCUT2D eigenvalue weighted by Crippen LogP contribution is -2.36. The molecule has 160 valence electrons. The Hall–Kier alpha value is -3.90. The maximum absolute atomic E-state index is 12.8. The van der Waals surface area contributed by atoms with Crippen LogP contribution in [0.25, 0.3) is 22.6 Å². The molecule has 0 aliphatic carbocycles. The van der Waals surface area contributed by atoms with Gasteiger partial charge in [-0.1, -0.05) is 42.5 Å². The zero-order valence-electron chi connectivity index (χ0n) is 17.6. The van der Waals surface area contributed by atoms with Gasteiger partial charge < -0.3 is 19.9 Å². The van der Waals surface area contributed by atoms with Crippen LogP contribution in [0.1, 0.15) is 10.4 Å². The molecule has 0 atom stereocenters. The van der Waals surface area contributed by atoms with Gasteiger partial charge in [0.05, 0.1) is 18.9 Å². The second-order valence-electron chi connectivity index (χ2n) is 7.68. The molecular formula is C26H24N4O2. The summed E-state index contributed by atoms with van der Waals surface area (Å²) in [6.45, 7) is 3.22. The molecule has 0 spiro atoms. The summed E-state index contributed by atoms with van der Waals surface area (Å²) in [5.74, 6) is 0.620. The van der Waals surface area contributed by atoms with Gasteiger partial charge in [-0.15, -0.1) is 0 Å². The second kappa shape index (κ2) is 9.08. The van der Waals surface area contributed by atoms with Crippen molar-refractivity contribution >= 4 is 17.3 Å². The summed E-state index contributed by atoms with van der Waals surface area (Å²) < 4.78 is 5.40. The Morgan fingerprint density at radius 2 is 1.66 bits per heavy atom. The first-order valence-corrected chi connectivity index (χ1v) is 10.7. The predicted octanol–water partition coefficient (Wildman–Crippen LogP) is 4.83. The molecule has 6 heteroatoms. The van der Waals surface area contributed by atoms with Crippen molar-refractivity contribution in [3.63, 3.8) is 0 Å². The summed E-state index contributed by atoms with van der Waals surface area (Å²) in [6.07, 6.45) is 1.89. The third-order valence-electron chi connectivity index (χ3n) is 5.55. The number of morpholine rings is 1. The average molecular weight is 425 g/mol. The molecule has 0 unspecified atom stereocenters. The minimum absolute atomic E-state index is 0.139. The van der Waals surface area contributed by atoms with E-state index in [1.54, 1.807) is 0 Å². The lowest BCUT2D eigenvalue weighted by atomic mass is 10.1. The van der Waals surface area contributed by atoms with Crippen molar-refractivity contribution in [3.05, 3.63) is 90.6 Å². The molecule has 5 rings (SSSR count). The Morgan fingerprint density at radius 1 is 0.906 bits per heavy atom. The van der Waals surface area contributed by atoms with E-state index in [0.29, 0.717) is 5.56 Å². The largest absolute Gasteiger partial charge is 0.378 e. The van der Waals surface area contributed by atoms with Crippen molar-refractivity contribution in [2.24, 2.45) is 0 Å². The van der Waals surface area contributed by atoms with Crippen LogP contribution in [0.3, 0.4) is 0 Å². The third-order valence-corrected chi connectivity index (χ3v) is 5.55. The zero-order valence-corrected chi connectivity index (χ0v) is 17.6. The number of aromatic amines is 1. The number of nitrogens with zero attached hydrogens (tertiary/aromatic N) is 2. The third kappa shape index (κ3) is 4.40. The highest BCUT2D eigenvalue weighted by Gasteiger charge is 2.13. The number of nitrogens with one attached hydrogen (secondary N) is 2. The van der Waals surface area contributed by atoms with E-state index >= 15 is 0 Å². The molecule has 3 aromatic carbocycles. The smallest absolute Gasteiger partial charge is 0.255 e. The number of anilines is 2. The monoisotopic (exact) mass is 424 g/mol. The number of carbonyl (C=O) groups is 1. The van der Waals surface area contributed by atoms with Crippen LogP contribution in [0.5, 0.6) is 0 Å². The SMILES string of the molecule is O=C(Nc1cccc(-c2nc(-c3ccccc3)c[nH]2)c1)c1ccc(N2CCOCC2)cc1. The number of rotatable bonds is 5. The molecule has 1 aliphatic heterocycles. The zero-order chi connectivity index (χ0) is 21.8. The van der Waals surface area contributed by atoms with Gasteiger partial charge in [-0.25, -0.2) is 4.98 Å². The van der Waals surface area contributed by atoms with E-state index in [1.807, 2.05) is 85.1 Å². The number of imidazole rings is 1. The second-order valence-corrected chi connectivity index (χ2v) is 7.68. The van der Waals surface area contributed by atoms with Gasteiger partial charge in [0.15, 0.2) is 0 Å². The first kappa shape index (κ1) is 20.0. The van der Waals surface area contributed by atoms with Gasteiger partial charge in [0, 0.05) is 47.4 Å². The van der Waals surface area contributed by atoms with E-state index in [9.17, 15) is 4.79 Å². The molecule has 1 aliphatic rings. The lowest BCUT2D eigenvalue weighted by Gasteiger charge is -2.28. The van der Waals surface area contributed by atoms with Crippen LogP contribution in [0.4, 0.5) is 11.4 Å². The molecule has 0 saturated carbocycles. The van der Waals surface area contributed by atoms with Crippen LogP contribution < -0.4 is 10.2 Å². The van der Waals surface area contributed by atoms with Crippen molar-refractivity contribution in [2.45, 2.75) is 0 Å². The fourth-order valence-corrected chi connectivity index (χ4v) is 3.82. The van der Waals surface area contributed by atoms with Crippen LogP contribution >= 0.6 is 0 Å². The molecule has 32 heavy (non-hydrogen) atoms. The summed E-state index contributed by atoms with van der Waals surface area (Å²) in [7, 11) is 0. The molecule has 1 aromatic heterocycles. The number of aromatic nitrogens is 2. The highest BCUT2D eigenvalue weighted by atomic mass is 16.5. The molecule has 0 bridgehead atoms. The number of amides is 1. The number of carbonyl (C=O) groups excluding carboxylic acids is 1. The maximum atomic E-state index is 12.8. The Bertz CT molecular complexity index is 1200. The molecule has 1 fully saturated rings. The standard InChI is InChI=1S/C26H24N4O2/c31-26(20-9-11-23(12-10-20)30-13-15-32-16-14-30)28-22-8-4-7-21(17-22)25-27-18-24(29-25)19-5-2-1-3-6-19/h1-12,17-18H,13-16H2,(H,27,29)(H,28,31). The first-order chi connectivity index (χ1) is 15.8. The van der Waals surface area contributed by atoms with Crippen molar-refractivity contribution in [1.82, 2.24) is 9.97 Å². The van der Waals surface area contributed by atoms with E-state index in [0.717, 1.165) is 60.3 Å². The Kier molecular flexibility index (Phi) is 5.68. The van der Waals surface area contributed by atoms with Gasteiger partial charge in [0.2, 0.25) is 0 Å². The minimum Gasteiger partial charge on any atom is -0.378 e. The predicted molar refractivity (Wildman–Crippen MR) is 127 cm³/mol. The van der Waals surface area contributed by atoms with Gasteiger partial charge in [-0.3, -0.25) is 4.79 Å². The fourth-order valence-electron chi connectivity index (χ4n) is 3.82. The topological polar surface area (TPSA) is 70.2 Å². The quantitative estimate of drug-likeness (QED) is 0.481. The number of ether oxygens (including phenoxy) is 1. The van der Waals surface area contributed by atoms with Crippen LogP contribution in [-0.2, 0) is 4.74 Å². The van der Waals surface area contributed by atoms with Crippen LogP contribution in [-0.4, -0.2) is 42.2 Å². The van der Waals surface area contributed by atoms with Crippen molar-refractivity contribution < 1.29 is 9.53 Å². The molecular weight excluding hydrogens is 400 g/mol. The van der Waals surface area contributed by atoms with Crippen LogP contribution in [0.15, 0.2) is 85.1 Å². The first-order valence-electron chi connectivity index (χ1n) is 10.7. The lowest BCUT2D eigenvalue weighted by molar-refractivity contribution is 0.102. The van der Waals surface area contributed by atoms with E-state index in [1.165, 1.54) is 0 Å². The van der Waals surface area contributed by atoms with Gasteiger partial charge >= 0.3 is 0 Å². The summed E-state index contributed by atoms with van der Waals surface area (Å²) in [6, 6.07) is 25.4. The molecule has 1 saturated heterocycles. The Morgan fingerprint density at radius 3 is 2.44 bits per heavy atom. The van der Waals surface area contributed by atoms with E-state index < -0.39 is 0 Å². The van der Waals surface area contributed by atoms with E-state index in [-0.39, 0.29) is 5.91 Å². The molecule has 1 amide bonds. The van der Waals surface area contributed by atoms with E-state index in [4.69, 9.17) is 9.72 Å². The number of benzene rings is 3. The van der Waals surface area contributed by atoms with Crippen molar-refractivity contribution in [2.75, 3.05) is 36.5 Å². The Labute approximate surface area is 186 Å². The van der Waals surface area contributed by atoms with Crippen LogP contribution in [0.2, 0.25) is 0 Å². The van der Waals surface area contributed by atoms with E-state index in [2.05, 4.69) is 15.2 Å². The number of hydrogen-bond donors (Lipinski definition) is 2. The summed E-state index contributed by atoms with van der Waals surface area (Å²) >= 11 is 0. The fraction of sp³-hybridized carbons (Fsp3) is 0.154. The molecule has 4 aromatic rings. The van der Waals surface area contributed by atoms with Gasteiger partial charge in [0.1, 0.15) is 5.82 Å². The summed E-state index contributed by atoms with van der Waals surface area (Å²) in [4.78, 5) is 23.0. The van der Waals surface area contributed by atoms with Crippen molar-refractivity contribution in [3.8, 4) is 22.6 Å². The van der Waals surface area contributed by atoms with Crippen LogP contribution in [0, 0.1) is 0 Å². The van der Waals surface area contributed by atoms with Gasteiger partial charge in [-0.05, 0) is 36.4 Å². The maximum Gasteiger partial charge on any atom is 0.255 e. The average Bonchev–Trinajstić information content (AvgIpc) is 3.36. The van der Waals surface area contributed by atoms with Crippen molar-refractivity contribution in [1.29, 1.82) is 0 Å². The molecule has 2 N–H and O–H groups in total. The minimum atomic E-state index is -0.139. The highest BCUT2D eigenvalue weighted by Crippen LogP contribution is 2.24. The highest BCUT2D eigenvalue weighted by molar-refractivity contribution is 6.04. The number of H-pyrrole nitrogens is 1. The van der Waals surface area contributed by atoms with Gasteiger partial charge in [0.25, 0.3) is 5.91 Å². The van der Waals surface area contributed by atoms with Gasteiger partial charge in [-0.2, -0.15) is 0 Å².